The van der Waals surface area contributed by atoms with Crippen molar-refractivity contribution in [3.05, 3.63) is 36.0 Å². The highest BCUT2D eigenvalue weighted by molar-refractivity contribution is 6.21. The lowest BCUT2D eigenvalue weighted by molar-refractivity contribution is -0.123. The van der Waals surface area contributed by atoms with E-state index < -0.39 is 11.8 Å². The second-order valence-corrected chi connectivity index (χ2v) is 6.36. The topological polar surface area (TPSA) is 90.4 Å². The molecule has 0 atom stereocenters. The standard InChI is InChI=1S/C18H24N4O2/c1-6-21(18(3,4)5)12-14(11-19)17(24)22(13(2)23)16-9-7-15(20)8-10-16/h7-10,12H,6,20H2,1-5H3/b14-12-. The van der Waals surface area contributed by atoms with E-state index in [4.69, 9.17) is 5.73 Å². The number of nitrogen functional groups attached to an aromatic ring is 1. The summed E-state index contributed by atoms with van der Waals surface area (Å²) in [6.45, 7) is 9.79. The first-order valence-corrected chi connectivity index (χ1v) is 7.71. The van der Waals surface area contributed by atoms with Gasteiger partial charge in [-0.1, -0.05) is 0 Å². The largest absolute Gasteiger partial charge is 0.399 e. The average molecular weight is 328 g/mol. The zero-order valence-corrected chi connectivity index (χ0v) is 14.8. The minimum Gasteiger partial charge on any atom is -0.399 e. The van der Waals surface area contributed by atoms with E-state index in [0.29, 0.717) is 17.9 Å². The summed E-state index contributed by atoms with van der Waals surface area (Å²) < 4.78 is 0. The van der Waals surface area contributed by atoms with Crippen LogP contribution in [0.4, 0.5) is 11.4 Å². The van der Waals surface area contributed by atoms with Gasteiger partial charge in [0.25, 0.3) is 5.91 Å². The quantitative estimate of drug-likeness (QED) is 0.521. The maximum Gasteiger partial charge on any atom is 0.277 e. The Morgan fingerprint density at radius 2 is 1.79 bits per heavy atom. The van der Waals surface area contributed by atoms with Crippen LogP contribution in [0.2, 0.25) is 0 Å². The van der Waals surface area contributed by atoms with Gasteiger partial charge < -0.3 is 10.6 Å². The number of nitrogens with two attached hydrogens (primary N) is 1. The summed E-state index contributed by atoms with van der Waals surface area (Å²) in [6, 6.07) is 8.25. The number of carbonyl (C=O) groups is 2. The van der Waals surface area contributed by atoms with Crippen LogP contribution in [-0.4, -0.2) is 28.8 Å². The molecule has 6 nitrogen and oxygen atoms in total. The van der Waals surface area contributed by atoms with Crippen LogP contribution >= 0.6 is 0 Å². The van der Waals surface area contributed by atoms with Gasteiger partial charge in [0, 0.05) is 30.9 Å². The molecular formula is C18H24N4O2. The van der Waals surface area contributed by atoms with E-state index in [2.05, 4.69) is 0 Å². The molecule has 0 heterocycles. The molecule has 0 saturated heterocycles. The summed E-state index contributed by atoms with van der Waals surface area (Å²) in [5, 5.41) is 9.40. The Kier molecular flexibility index (Phi) is 6.13. The van der Waals surface area contributed by atoms with Gasteiger partial charge in [-0.2, -0.15) is 5.26 Å². The molecule has 6 heteroatoms. The number of nitriles is 1. The molecule has 0 aliphatic rings. The average Bonchev–Trinajstić information content (AvgIpc) is 2.48. The Morgan fingerprint density at radius 1 is 1.25 bits per heavy atom. The Hall–Kier alpha value is -2.81. The van der Waals surface area contributed by atoms with Gasteiger partial charge in [-0.15, -0.1) is 0 Å². The molecule has 1 rings (SSSR count). The minimum atomic E-state index is -0.655. The lowest BCUT2D eigenvalue weighted by atomic mass is 10.1. The zero-order chi connectivity index (χ0) is 18.5. The fraction of sp³-hybridized carbons (Fsp3) is 0.389. The van der Waals surface area contributed by atoms with E-state index in [0.717, 1.165) is 4.90 Å². The van der Waals surface area contributed by atoms with E-state index in [-0.39, 0.29) is 11.1 Å². The molecule has 0 spiro atoms. The van der Waals surface area contributed by atoms with E-state index in [1.54, 1.807) is 24.3 Å². The van der Waals surface area contributed by atoms with Gasteiger partial charge in [-0.25, -0.2) is 4.90 Å². The molecular weight excluding hydrogens is 304 g/mol. The number of anilines is 2. The summed E-state index contributed by atoms with van der Waals surface area (Å²) in [5.74, 6) is -1.12. The fourth-order valence-electron chi connectivity index (χ4n) is 2.23. The number of amides is 2. The fourth-order valence-corrected chi connectivity index (χ4v) is 2.23. The lowest BCUT2D eigenvalue weighted by Crippen LogP contribution is -2.40. The van der Waals surface area contributed by atoms with Crippen molar-refractivity contribution < 1.29 is 9.59 Å². The summed E-state index contributed by atoms with van der Waals surface area (Å²) >= 11 is 0. The van der Waals surface area contributed by atoms with E-state index >= 15 is 0 Å². The molecule has 0 saturated carbocycles. The molecule has 24 heavy (non-hydrogen) atoms. The van der Waals surface area contributed by atoms with Gasteiger partial charge in [0.2, 0.25) is 5.91 Å². The van der Waals surface area contributed by atoms with Gasteiger partial charge in [-0.05, 0) is 52.0 Å². The van der Waals surface area contributed by atoms with E-state index in [9.17, 15) is 14.9 Å². The highest BCUT2D eigenvalue weighted by Crippen LogP contribution is 2.20. The number of rotatable bonds is 4. The number of nitrogens with zero attached hydrogens (tertiary/aromatic N) is 3. The van der Waals surface area contributed by atoms with Gasteiger partial charge in [0.1, 0.15) is 11.6 Å². The monoisotopic (exact) mass is 328 g/mol. The third-order valence-corrected chi connectivity index (χ3v) is 3.51. The number of carbonyl (C=O) groups excluding carboxylic acids is 2. The second-order valence-electron chi connectivity index (χ2n) is 6.36. The highest BCUT2D eigenvalue weighted by Gasteiger charge is 2.26. The molecule has 2 N–H and O–H groups in total. The first-order chi connectivity index (χ1) is 11.1. The molecule has 0 radical (unpaired) electrons. The number of imide groups is 1. The van der Waals surface area contributed by atoms with Crippen molar-refractivity contribution in [3.8, 4) is 6.07 Å². The third-order valence-electron chi connectivity index (χ3n) is 3.51. The molecule has 0 aromatic heterocycles. The molecule has 0 fully saturated rings. The Balaban J connectivity index is 3.28. The lowest BCUT2D eigenvalue weighted by Gasteiger charge is -2.34. The highest BCUT2D eigenvalue weighted by atomic mass is 16.2. The Labute approximate surface area is 143 Å². The summed E-state index contributed by atoms with van der Waals surface area (Å²) in [5.41, 5.74) is 6.19. The molecule has 1 aromatic carbocycles. The maximum absolute atomic E-state index is 12.7. The molecule has 128 valence electrons. The third kappa shape index (κ3) is 4.59. The molecule has 1 aromatic rings. The van der Waals surface area contributed by atoms with Crippen molar-refractivity contribution in [2.24, 2.45) is 0 Å². The Bertz CT molecular complexity index is 678. The number of hydrogen-bond donors (Lipinski definition) is 1. The summed E-state index contributed by atoms with van der Waals surface area (Å²) in [6.07, 6.45) is 1.51. The van der Waals surface area contributed by atoms with E-state index in [1.165, 1.54) is 13.1 Å². The molecule has 0 bridgehead atoms. The van der Waals surface area contributed by atoms with Crippen molar-refractivity contribution in [1.29, 1.82) is 5.26 Å². The molecule has 2 amide bonds. The smallest absolute Gasteiger partial charge is 0.277 e. The molecule has 0 aliphatic carbocycles. The van der Waals surface area contributed by atoms with Crippen molar-refractivity contribution in [2.75, 3.05) is 17.2 Å². The predicted molar refractivity (Wildman–Crippen MR) is 94.9 cm³/mol. The number of hydrogen-bond acceptors (Lipinski definition) is 5. The molecule has 0 unspecified atom stereocenters. The predicted octanol–water partition coefficient (Wildman–Crippen LogP) is 2.68. The minimum absolute atomic E-state index is 0.0983. The second kappa shape index (κ2) is 7.64. The van der Waals surface area contributed by atoms with Gasteiger partial charge >= 0.3 is 0 Å². The number of benzene rings is 1. The first-order valence-electron chi connectivity index (χ1n) is 7.71. The summed E-state index contributed by atoms with van der Waals surface area (Å²) in [7, 11) is 0. The SMILES string of the molecule is CCN(/C=C(/C#N)C(=O)N(C(C)=O)c1ccc(N)cc1)C(C)(C)C. The van der Waals surface area contributed by atoms with Gasteiger partial charge in [-0.3, -0.25) is 9.59 Å². The van der Waals surface area contributed by atoms with Crippen LogP contribution in [-0.2, 0) is 9.59 Å². The van der Waals surface area contributed by atoms with Crippen LogP contribution in [0.5, 0.6) is 0 Å². The van der Waals surface area contributed by atoms with Crippen molar-refractivity contribution in [3.63, 3.8) is 0 Å². The van der Waals surface area contributed by atoms with Crippen molar-refractivity contribution >= 4 is 23.2 Å². The Morgan fingerprint density at radius 3 is 2.17 bits per heavy atom. The van der Waals surface area contributed by atoms with Crippen LogP contribution in [0.15, 0.2) is 36.0 Å². The van der Waals surface area contributed by atoms with Gasteiger partial charge in [0.15, 0.2) is 0 Å². The van der Waals surface area contributed by atoms with Crippen molar-refractivity contribution in [2.45, 2.75) is 40.2 Å². The van der Waals surface area contributed by atoms with E-state index in [1.807, 2.05) is 38.7 Å². The zero-order valence-electron chi connectivity index (χ0n) is 14.8. The molecule has 0 aliphatic heterocycles. The van der Waals surface area contributed by atoms with Crippen LogP contribution < -0.4 is 10.6 Å². The normalized spacial score (nSPS) is 11.6. The van der Waals surface area contributed by atoms with Crippen LogP contribution in [0.1, 0.15) is 34.6 Å². The maximum atomic E-state index is 12.7. The van der Waals surface area contributed by atoms with Crippen LogP contribution in [0.25, 0.3) is 0 Å². The van der Waals surface area contributed by atoms with Gasteiger partial charge in [0.05, 0.1) is 5.69 Å². The van der Waals surface area contributed by atoms with Crippen LogP contribution in [0, 0.1) is 11.3 Å². The van der Waals surface area contributed by atoms with Crippen molar-refractivity contribution in [1.82, 2.24) is 4.90 Å². The first kappa shape index (κ1) is 19.2. The summed E-state index contributed by atoms with van der Waals surface area (Å²) in [4.78, 5) is 27.6. The van der Waals surface area contributed by atoms with Crippen LogP contribution in [0.3, 0.4) is 0 Å².